The maximum Gasteiger partial charge on any atom is 0.410 e. The monoisotopic (exact) mass is 326 g/mol. The van der Waals surface area contributed by atoms with Crippen LogP contribution in [0.25, 0.3) is 0 Å². The van der Waals surface area contributed by atoms with Crippen molar-refractivity contribution in [3.63, 3.8) is 0 Å². The third-order valence-corrected chi connectivity index (χ3v) is 4.69. The van der Waals surface area contributed by atoms with Crippen molar-refractivity contribution in [1.82, 2.24) is 10.2 Å². The van der Waals surface area contributed by atoms with Gasteiger partial charge in [0.25, 0.3) is 0 Å². The van der Waals surface area contributed by atoms with Gasteiger partial charge in [0, 0.05) is 31.3 Å². The summed E-state index contributed by atoms with van der Waals surface area (Å²) in [6.07, 6.45) is 4.07. The molecule has 2 rings (SSSR count). The van der Waals surface area contributed by atoms with Crippen LogP contribution in [0.2, 0.25) is 0 Å². The van der Waals surface area contributed by atoms with E-state index in [4.69, 9.17) is 9.47 Å². The lowest BCUT2D eigenvalue weighted by Crippen LogP contribution is -2.54. The Balaban J connectivity index is 1.88. The number of rotatable bonds is 5. The number of nitrogens with zero attached hydrogens (tertiary/aromatic N) is 1. The maximum atomic E-state index is 12.4. The van der Waals surface area contributed by atoms with E-state index in [-0.39, 0.29) is 11.7 Å². The minimum atomic E-state index is -0.423. The van der Waals surface area contributed by atoms with E-state index in [1.807, 2.05) is 32.6 Å². The molecule has 0 saturated carbocycles. The van der Waals surface area contributed by atoms with Crippen molar-refractivity contribution in [2.75, 3.05) is 13.2 Å². The van der Waals surface area contributed by atoms with Crippen molar-refractivity contribution in [3.8, 4) is 0 Å². The summed E-state index contributed by atoms with van der Waals surface area (Å²) >= 11 is 0. The first-order valence-electron chi connectivity index (χ1n) is 9.00. The standard InChI is InChI=1S/C18H34N2O3/c1-7-22-18(5,6)12-19-13-10-14-8-9-15(11-13)20(14)16(21)23-17(2,3)4/h13-15,19H,7-12H2,1-6H3. The first-order chi connectivity index (χ1) is 10.6. The summed E-state index contributed by atoms with van der Waals surface area (Å²) in [5.74, 6) is 0. The second kappa shape index (κ2) is 6.98. The molecule has 0 radical (unpaired) electrons. The molecule has 2 saturated heterocycles. The Labute approximate surface area is 141 Å². The highest BCUT2D eigenvalue weighted by atomic mass is 16.6. The van der Waals surface area contributed by atoms with Gasteiger partial charge in [-0.25, -0.2) is 4.79 Å². The molecule has 134 valence electrons. The van der Waals surface area contributed by atoms with Gasteiger partial charge < -0.3 is 19.7 Å². The molecule has 2 aliphatic rings. The van der Waals surface area contributed by atoms with Crippen LogP contribution in [0.4, 0.5) is 4.79 Å². The first kappa shape index (κ1) is 18.5. The van der Waals surface area contributed by atoms with Crippen LogP contribution in [-0.4, -0.2) is 53.5 Å². The summed E-state index contributed by atoms with van der Waals surface area (Å²) in [5.41, 5.74) is -0.566. The number of piperidine rings is 1. The maximum absolute atomic E-state index is 12.4. The average molecular weight is 326 g/mol. The van der Waals surface area contributed by atoms with Crippen molar-refractivity contribution in [2.45, 2.75) is 96.6 Å². The van der Waals surface area contributed by atoms with E-state index >= 15 is 0 Å². The zero-order valence-electron chi connectivity index (χ0n) is 15.6. The van der Waals surface area contributed by atoms with Gasteiger partial charge in [-0.2, -0.15) is 0 Å². The van der Waals surface area contributed by atoms with Gasteiger partial charge in [-0.3, -0.25) is 0 Å². The fourth-order valence-electron chi connectivity index (χ4n) is 3.79. The van der Waals surface area contributed by atoms with Crippen LogP contribution < -0.4 is 5.32 Å². The van der Waals surface area contributed by atoms with Gasteiger partial charge in [0.05, 0.1) is 5.60 Å². The Morgan fingerprint density at radius 1 is 1.13 bits per heavy atom. The molecule has 2 atom stereocenters. The molecule has 2 fully saturated rings. The zero-order chi connectivity index (χ0) is 17.3. The largest absolute Gasteiger partial charge is 0.444 e. The van der Waals surface area contributed by atoms with Crippen molar-refractivity contribution < 1.29 is 14.3 Å². The quantitative estimate of drug-likeness (QED) is 0.842. The predicted molar refractivity (Wildman–Crippen MR) is 91.6 cm³/mol. The molecule has 1 N–H and O–H groups in total. The van der Waals surface area contributed by atoms with Crippen molar-refractivity contribution >= 4 is 6.09 Å². The number of amides is 1. The lowest BCUT2D eigenvalue weighted by atomic mass is 9.97. The van der Waals surface area contributed by atoms with Crippen LogP contribution in [0.1, 0.15) is 67.2 Å². The number of nitrogens with one attached hydrogen (secondary N) is 1. The van der Waals surface area contributed by atoms with Crippen LogP contribution in [0, 0.1) is 0 Å². The summed E-state index contributed by atoms with van der Waals surface area (Å²) in [4.78, 5) is 14.4. The number of carbonyl (C=O) groups is 1. The Morgan fingerprint density at radius 3 is 2.17 bits per heavy atom. The molecular formula is C18H34N2O3. The molecule has 1 amide bonds. The van der Waals surface area contributed by atoms with E-state index < -0.39 is 5.60 Å². The number of hydrogen-bond donors (Lipinski definition) is 1. The van der Waals surface area contributed by atoms with Crippen LogP contribution in [-0.2, 0) is 9.47 Å². The summed E-state index contributed by atoms with van der Waals surface area (Å²) < 4.78 is 11.3. The highest BCUT2D eigenvalue weighted by Crippen LogP contribution is 2.36. The highest BCUT2D eigenvalue weighted by molar-refractivity contribution is 5.69. The topological polar surface area (TPSA) is 50.8 Å². The van der Waals surface area contributed by atoms with E-state index in [2.05, 4.69) is 19.2 Å². The average Bonchev–Trinajstić information content (AvgIpc) is 2.66. The smallest absolute Gasteiger partial charge is 0.410 e. The first-order valence-corrected chi connectivity index (χ1v) is 9.00. The SMILES string of the molecule is CCOC(C)(C)CNC1CC2CCC(C1)N2C(=O)OC(C)(C)C. The summed E-state index contributed by atoms with van der Waals surface area (Å²) in [6.45, 7) is 13.6. The van der Waals surface area contributed by atoms with Gasteiger partial charge in [0.2, 0.25) is 0 Å². The predicted octanol–water partition coefficient (Wildman–Crippen LogP) is 3.32. The normalized spacial score (nSPS) is 28.1. The summed E-state index contributed by atoms with van der Waals surface area (Å²) in [6, 6.07) is 1.10. The van der Waals surface area contributed by atoms with Crippen molar-refractivity contribution in [2.24, 2.45) is 0 Å². The van der Waals surface area contributed by atoms with Gasteiger partial charge in [-0.1, -0.05) is 0 Å². The molecule has 2 bridgehead atoms. The third-order valence-electron chi connectivity index (χ3n) is 4.69. The second-order valence-corrected chi connectivity index (χ2v) is 8.51. The highest BCUT2D eigenvalue weighted by Gasteiger charge is 2.44. The Bertz CT molecular complexity index is 403. The summed E-state index contributed by atoms with van der Waals surface area (Å²) in [5, 5.41) is 3.65. The van der Waals surface area contributed by atoms with Gasteiger partial charge >= 0.3 is 6.09 Å². The second-order valence-electron chi connectivity index (χ2n) is 8.51. The lowest BCUT2D eigenvalue weighted by Gasteiger charge is -2.40. The Hall–Kier alpha value is -0.810. The third kappa shape index (κ3) is 5.08. The lowest BCUT2D eigenvalue weighted by molar-refractivity contribution is -0.0165. The van der Waals surface area contributed by atoms with Crippen molar-refractivity contribution in [1.29, 1.82) is 0 Å². The molecule has 0 aromatic carbocycles. The van der Waals surface area contributed by atoms with Crippen LogP contribution in [0.3, 0.4) is 0 Å². The van der Waals surface area contributed by atoms with Gasteiger partial charge in [-0.15, -0.1) is 0 Å². The number of ether oxygens (including phenoxy) is 2. The van der Waals surface area contributed by atoms with Crippen LogP contribution >= 0.6 is 0 Å². The summed E-state index contributed by atoms with van der Waals surface area (Å²) in [7, 11) is 0. The van der Waals surface area contributed by atoms with E-state index in [1.54, 1.807) is 0 Å². The molecular weight excluding hydrogens is 292 g/mol. The fourth-order valence-corrected chi connectivity index (χ4v) is 3.79. The van der Waals surface area contributed by atoms with Crippen LogP contribution in [0.15, 0.2) is 0 Å². The molecule has 2 aliphatic heterocycles. The molecule has 2 unspecified atom stereocenters. The minimum absolute atomic E-state index is 0.141. The fraction of sp³-hybridized carbons (Fsp3) is 0.944. The van der Waals surface area contributed by atoms with Gasteiger partial charge in [0.1, 0.15) is 5.60 Å². The van der Waals surface area contributed by atoms with Gasteiger partial charge in [0.15, 0.2) is 0 Å². The number of fused-ring (bicyclic) bond motifs is 2. The molecule has 0 aromatic heterocycles. The molecule has 5 heteroatoms. The van der Waals surface area contributed by atoms with Gasteiger partial charge in [-0.05, 0) is 67.2 Å². The minimum Gasteiger partial charge on any atom is -0.444 e. The zero-order valence-corrected chi connectivity index (χ0v) is 15.6. The van der Waals surface area contributed by atoms with Crippen molar-refractivity contribution in [3.05, 3.63) is 0 Å². The Morgan fingerprint density at radius 2 is 1.70 bits per heavy atom. The molecule has 5 nitrogen and oxygen atoms in total. The van der Waals surface area contributed by atoms with E-state index in [1.165, 1.54) is 0 Å². The molecule has 2 heterocycles. The van der Waals surface area contributed by atoms with E-state index in [9.17, 15) is 4.79 Å². The number of hydrogen-bond acceptors (Lipinski definition) is 4. The van der Waals surface area contributed by atoms with E-state index in [0.717, 1.165) is 38.8 Å². The molecule has 0 spiro atoms. The molecule has 0 aromatic rings. The Kier molecular flexibility index (Phi) is 5.62. The molecule has 23 heavy (non-hydrogen) atoms. The molecule has 0 aliphatic carbocycles. The van der Waals surface area contributed by atoms with Crippen LogP contribution in [0.5, 0.6) is 0 Å². The number of carbonyl (C=O) groups excluding carboxylic acids is 1. The van der Waals surface area contributed by atoms with E-state index in [0.29, 0.717) is 18.1 Å².